The van der Waals surface area contributed by atoms with Crippen LogP contribution in [0.5, 0.6) is 0 Å². The highest BCUT2D eigenvalue weighted by molar-refractivity contribution is 7.99. The van der Waals surface area contributed by atoms with Crippen LogP contribution in [0.1, 0.15) is 49.0 Å². The summed E-state index contributed by atoms with van der Waals surface area (Å²) in [6, 6.07) is 0.386. The van der Waals surface area contributed by atoms with Gasteiger partial charge in [0.2, 0.25) is 0 Å². The molecular formula is C19H23N3O2S2. The first-order valence-electron chi connectivity index (χ1n) is 9.65. The first kappa shape index (κ1) is 16.8. The molecule has 2 aromatic heterocycles. The molecule has 2 aliphatic carbocycles. The molecule has 0 N–H and O–H groups in total. The molecule has 1 atom stereocenters. The number of nitrogens with zero attached hydrogens (tertiary/aromatic N) is 3. The van der Waals surface area contributed by atoms with Gasteiger partial charge in [-0.2, -0.15) is 0 Å². The van der Waals surface area contributed by atoms with E-state index in [1.54, 1.807) is 18.1 Å². The van der Waals surface area contributed by atoms with E-state index in [0.29, 0.717) is 6.04 Å². The third-order valence-corrected chi connectivity index (χ3v) is 8.11. The van der Waals surface area contributed by atoms with Gasteiger partial charge in [-0.05, 0) is 37.7 Å². The van der Waals surface area contributed by atoms with Crippen LogP contribution in [0, 0.1) is 0 Å². The summed E-state index contributed by atoms with van der Waals surface area (Å²) in [5.74, 6) is 0.770. The summed E-state index contributed by atoms with van der Waals surface area (Å²) >= 11 is 3.54. The van der Waals surface area contributed by atoms with Crippen molar-refractivity contribution in [2.75, 3.05) is 12.3 Å². The van der Waals surface area contributed by atoms with Gasteiger partial charge < -0.3 is 9.64 Å². The summed E-state index contributed by atoms with van der Waals surface area (Å²) in [6.45, 7) is 0.729. The van der Waals surface area contributed by atoms with Crippen LogP contribution in [0.3, 0.4) is 0 Å². The Morgan fingerprint density at radius 3 is 2.96 bits per heavy atom. The predicted octanol–water partition coefficient (Wildman–Crippen LogP) is 4.43. The normalized spacial score (nSPS) is 23.6. The fourth-order valence-electron chi connectivity index (χ4n) is 4.50. The van der Waals surface area contributed by atoms with Crippen molar-refractivity contribution in [2.24, 2.45) is 0 Å². The number of thiophene rings is 1. The number of rotatable bonds is 4. The van der Waals surface area contributed by atoms with Crippen LogP contribution < -0.4 is 0 Å². The number of aromatic nitrogens is 2. The smallest absolute Gasteiger partial charge is 0.410 e. The lowest BCUT2D eigenvalue weighted by molar-refractivity contribution is 0.128. The average Bonchev–Trinajstić information content (AvgIpc) is 3.34. The van der Waals surface area contributed by atoms with Gasteiger partial charge in [0.15, 0.2) is 0 Å². The average molecular weight is 390 g/mol. The van der Waals surface area contributed by atoms with Gasteiger partial charge in [0.1, 0.15) is 22.3 Å². The highest BCUT2D eigenvalue weighted by Crippen LogP contribution is 2.40. The molecule has 26 heavy (non-hydrogen) atoms. The van der Waals surface area contributed by atoms with Gasteiger partial charge in [-0.1, -0.05) is 19.3 Å². The lowest BCUT2D eigenvalue weighted by atomic mass is 9.94. The van der Waals surface area contributed by atoms with Gasteiger partial charge in [-0.15, -0.1) is 23.1 Å². The van der Waals surface area contributed by atoms with Gasteiger partial charge in [0, 0.05) is 22.1 Å². The Labute approximate surface area is 161 Å². The Morgan fingerprint density at radius 1 is 1.19 bits per heavy atom. The van der Waals surface area contributed by atoms with Gasteiger partial charge in [-0.3, -0.25) is 0 Å². The topological polar surface area (TPSA) is 55.3 Å². The zero-order valence-corrected chi connectivity index (χ0v) is 16.4. The summed E-state index contributed by atoms with van der Waals surface area (Å²) in [4.78, 5) is 25.9. The Hall–Kier alpha value is -1.34. The lowest BCUT2D eigenvalue weighted by Gasteiger charge is -2.28. The monoisotopic (exact) mass is 389 g/mol. The van der Waals surface area contributed by atoms with Crippen molar-refractivity contribution in [1.82, 2.24) is 14.9 Å². The fraction of sp³-hybridized carbons (Fsp3) is 0.632. The molecule has 2 fully saturated rings. The number of thioether (sulfide) groups is 1. The number of hydrogen-bond donors (Lipinski definition) is 0. The minimum atomic E-state index is -0.119. The molecule has 1 saturated carbocycles. The molecule has 1 unspecified atom stereocenters. The first-order valence-corrected chi connectivity index (χ1v) is 11.4. The lowest BCUT2D eigenvalue weighted by Crippen LogP contribution is -2.37. The number of ether oxygens (including phenoxy) is 1. The van der Waals surface area contributed by atoms with Crippen molar-refractivity contribution in [3.8, 4) is 0 Å². The van der Waals surface area contributed by atoms with Gasteiger partial charge in [0.25, 0.3) is 0 Å². The highest BCUT2D eigenvalue weighted by atomic mass is 32.2. The molecule has 1 amide bonds. The molecule has 1 aliphatic heterocycles. The standard InChI is InChI=1S/C19H23N3O2S2/c23-19-22(12-5-2-1-3-6-12)9-13(24-19)10-25-17-16-14-7-4-8-15(14)26-18(16)21-11-20-17/h11-13H,1-10H2. The Morgan fingerprint density at radius 2 is 2.08 bits per heavy atom. The number of aryl methyl sites for hydroxylation is 2. The largest absolute Gasteiger partial charge is 0.443 e. The Kier molecular flexibility index (Phi) is 4.52. The van der Waals surface area contributed by atoms with Crippen LogP contribution in [0.4, 0.5) is 4.79 Å². The predicted molar refractivity (Wildman–Crippen MR) is 104 cm³/mol. The molecule has 0 spiro atoms. The van der Waals surface area contributed by atoms with Crippen molar-refractivity contribution < 1.29 is 9.53 Å². The molecule has 3 aliphatic rings. The van der Waals surface area contributed by atoms with Crippen LogP contribution in [0.25, 0.3) is 10.2 Å². The third-order valence-electron chi connectivity index (χ3n) is 5.79. The first-order chi connectivity index (χ1) is 12.8. The van der Waals surface area contributed by atoms with Crippen LogP contribution in [0.2, 0.25) is 0 Å². The number of carbonyl (C=O) groups is 1. The number of carbonyl (C=O) groups excluding carboxylic acids is 1. The zero-order chi connectivity index (χ0) is 17.5. The van der Waals surface area contributed by atoms with Crippen molar-refractivity contribution in [2.45, 2.75) is 68.5 Å². The van der Waals surface area contributed by atoms with Gasteiger partial charge in [-0.25, -0.2) is 14.8 Å². The highest BCUT2D eigenvalue weighted by Gasteiger charge is 2.36. The summed E-state index contributed by atoms with van der Waals surface area (Å²) in [5.41, 5.74) is 1.46. The fourth-order valence-corrected chi connectivity index (χ4v) is 6.80. The molecule has 0 radical (unpaired) electrons. The van der Waals surface area contributed by atoms with Crippen LogP contribution in [-0.4, -0.2) is 45.4 Å². The van der Waals surface area contributed by atoms with E-state index in [1.807, 2.05) is 16.2 Å². The second kappa shape index (κ2) is 7.00. The van der Waals surface area contributed by atoms with Crippen molar-refractivity contribution in [3.63, 3.8) is 0 Å². The molecule has 3 heterocycles. The van der Waals surface area contributed by atoms with E-state index in [0.717, 1.165) is 41.4 Å². The summed E-state index contributed by atoms with van der Waals surface area (Å²) in [5, 5.41) is 2.31. The van der Waals surface area contributed by atoms with E-state index in [-0.39, 0.29) is 12.2 Å². The maximum Gasteiger partial charge on any atom is 0.410 e. The molecule has 0 aromatic carbocycles. The van der Waals surface area contributed by atoms with E-state index in [1.165, 1.54) is 47.9 Å². The van der Waals surface area contributed by atoms with Gasteiger partial charge in [0.05, 0.1) is 6.54 Å². The van der Waals surface area contributed by atoms with E-state index in [9.17, 15) is 4.79 Å². The van der Waals surface area contributed by atoms with Crippen molar-refractivity contribution >= 4 is 39.4 Å². The zero-order valence-electron chi connectivity index (χ0n) is 14.8. The van der Waals surface area contributed by atoms with Crippen LogP contribution >= 0.6 is 23.1 Å². The minimum Gasteiger partial charge on any atom is -0.443 e. The number of amides is 1. The molecular weight excluding hydrogens is 366 g/mol. The Balaban J connectivity index is 1.28. The Bertz CT molecular complexity index is 832. The molecule has 2 aromatic rings. The molecule has 138 valence electrons. The van der Waals surface area contributed by atoms with E-state index in [2.05, 4.69) is 9.97 Å². The maximum atomic E-state index is 12.3. The van der Waals surface area contributed by atoms with Crippen LogP contribution in [-0.2, 0) is 17.6 Å². The molecule has 0 bridgehead atoms. The SMILES string of the molecule is O=C1OC(CSc2ncnc3sc4c(c23)CCC4)CN1C1CCCCC1. The maximum absolute atomic E-state index is 12.3. The number of hydrogen-bond acceptors (Lipinski definition) is 6. The van der Waals surface area contributed by atoms with E-state index >= 15 is 0 Å². The second-order valence-corrected chi connectivity index (χ2v) is 9.57. The minimum absolute atomic E-state index is 0.0360. The summed E-state index contributed by atoms with van der Waals surface area (Å²) in [7, 11) is 0. The van der Waals surface area contributed by atoms with E-state index in [4.69, 9.17) is 4.74 Å². The molecule has 7 heteroatoms. The van der Waals surface area contributed by atoms with E-state index < -0.39 is 0 Å². The summed E-state index contributed by atoms with van der Waals surface area (Å²) in [6.07, 6.45) is 11.1. The second-order valence-electron chi connectivity index (χ2n) is 7.48. The molecule has 1 saturated heterocycles. The summed E-state index contributed by atoms with van der Waals surface area (Å²) < 4.78 is 5.66. The molecule has 5 nitrogen and oxygen atoms in total. The van der Waals surface area contributed by atoms with Crippen molar-refractivity contribution in [3.05, 3.63) is 16.8 Å². The number of fused-ring (bicyclic) bond motifs is 3. The molecule has 5 rings (SSSR count). The third kappa shape index (κ3) is 2.99. The van der Waals surface area contributed by atoms with Gasteiger partial charge >= 0.3 is 6.09 Å². The van der Waals surface area contributed by atoms with Crippen LogP contribution in [0.15, 0.2) is 11.4 Å². The quantitative estimate of drug-likeness (QED) is 0.572. The van der Waals surface area contributed by atoms with Crippen molar-refractivity contribution in [1.29, 1.82) is 0 Å². The number of cyclic esters (lactones) is 1.